The van der Waals surface area contributed by atoms with Crippen molar-refractivity contribution in [2.45, 2.75) is 49.7 Å². The largest absolute Gasteiger partial charge is 0.351 e. The summed E-state index contributed by atoms with van der Waals surface area (Å²) < 4.78 is 25.5. The molecule has 9 heteroatoms. The molecule has 1 N–H and O–H groups in total. The van der Waals surface area contributed by atoms with Crippen molar-refractivity contribution >= 4 is 27.5 Å². The molecule has 0 bridgehead atoms. The lowest BCUT2D eigenvalue weighted by Crippen LogP contribution is -2.30. The Kier molecular flexibility index (Phi) is 6.79. The summed E-state index contributed by atoms with van der Waals surface area (Å²) in [6.07, 6.45) is 2.28. The van der Waals surface area contributed by atoms with Crippen LogP contribution in [-0.2, 0) is 27.7 Å². The van der Waals surface area contributed by atoms with E-state index in [4.69, 9.17) is 0 Å². The van der Waals surface area contributed by atoms with E-state index in [-0.39, 0.29) is 28.6 Å². The van der Waals surface area contributed by atoms with Crippen molar-refractivity contribution < 1.29 is 13.2 Å². The van der Waals surface area contributed by atoms with Crippen molar-refractivity contribution in [1.82, 2.24) is 20.1 Å². The third-order valence-electron chi connectivity index (χ3n) is 4.89. The van der Waals surface area contributed by atoms with Crippen LogP contribution in [0.4, 0.5) is 0 Å². The second-order valence-corrected chi connectivity index (χ2v) is 10.8. The SMILES string of the molecule is C=CCn1c(SC(C)C(=O)NCc2ccc(C)cc2)nnc1C1CCS(=O)(=O)C1. The minimum absolute atomic E-state index is 0.0891. The van der Waals surface area contributed by atoms with Gasteiger partial charge in [-0.2, -0.15) is 0 Å². The molecule has 1 aliphatic rings. The van der Waals surface area contributed by atoms with E-state index in [9.17, 15) is 13.2 Å². The highest BCUT2D eigenvalue weighted by molar-refractivity contribution is 8.00. The molecular formula is C20H26N4O3S2. The number of allylic oxidation sites excluding steroid dienone is 1. The van der Waals surface area contributed by atoms with Gasteiger partial charge < -0.3 is 9.88 Å². The zero-order chi connectivity index (χ0) is 21.0. The highest BCUT2D eigenvalue weighted by Crippen LogP contribution is 2.31. The van der Waals surface area contributed by atoms with Crippen LogP contribution in [0.25, 0.3) is 0 Å². The lowest BCUT2D eigenvalue weighted by molar-refractivity contribution is -0.120. The van der Waals surface area contributed by atoms with Gasteiger partial charge in [-0.3, -0.25) is 4.79 Å². The Hall–Kier alpha value is -2.13. The van der Waals surface area contributed by atoms with Gasteiger partial charge in [0.2, 0.25) is 5.91 Å². The summed E-state index contributed by atoms with van der Waals surface area (Å²) in [5, 5.41) is 11.7. The number of benzene rings is 1. The van der Waals surface area contributed by atoms with Crippen LogP contribution >= 0.6 is 11.8 Å². The first-order valence-corrected chi connectivity index (χ1v) is 12.2. The monoisotopic (exact) mass is 434 g/mol. The van der Waals surface area contributed by atoms with E-state index < -0.39 is 9.84 Å². The van der Waals surface area contributed by atoms with Crippen molar-refractivity contribution in [1.29, 1.82) is 0 Å². The number of hydrogen-bond donors (Lipinski definition) is 1. The Morgan fingerprint density at radius 2 is 2.10 bits per heavy atom. The molecule has 3 rings (SSSR count). The Morgan fingerprint density at radius 3 is 2.72 bits per heavy atom. The van der Waals surface area contributed by atoms with Gasteiger partial charge in [0.05, 0.1) is 16.8 Å². The maximum atomic E-state index is 12.5. The fourth-order valence-corrected chi connectivity index (χ4v) is 5.87. The van der Waals surface area contributed by atoms with Crippen LogP contribution in [-0.4, -0.2) is 45.8 Å². The number of nitrogens with zero attached hydrogens (tertiary/aromatic N) is 3. The van der Waals surface area contributed by atoms with Crippen molar-refractivity contribution in [3.8, 4) is 0 Å². The molecule has 156 valence electrons. The molecule has 1 aromatic carbocycles. The lowest BCUT2D eigenvalue weighted by atomic mass is 10.1. The fourth-order valence-electron chi connectivity index (χ4n) is 3.24. The van der Waals surface area contributed by atoms with Crippen molar-refractivity contribution in [3.05, 3.63) is 53.9 Å². The van der Waals surface area contributed by atoms with E-state index >= 15 is 0 Å². The number of sulfone groups is 1. The number of aryl methyl sites for hydroxylation is 1. The number of carbonyl (C=O) groups excluding carboxylic acids is 1. The molecule has 1 aromatic heterocycles. The zero-order valence-corrected chi connectivity index (χ0v) is 18.3. The number of amides is 1. The normalized spacial score (nSPS) is 19.0. The third-order valence-corrected chi connectivity index (χ3v) is 7.74. The first-order chi connectivity index (χ1) is 13.8. The van der Waals surface area contributed by atoms with E-state index in [2.05, 4.69) is 22.1 Å². The summed E-state index contributed by atoms with van der Waals surface area (Å²) >= 11 is 1.32. The van der Waals surface area contributed by atoms with Crippen molar-refractivity contribution in [2.75, 3.05) is 11.5 Å². The molecule has 0 saturated carbocycles. The van der Waals surface area contributed by atoms with E-state index in [0.717, 1.165) is 5.56 Å². The van der Waals surface area contributed by atoms with Gasteiger partial charge in [-0.25, -0.2) is 8.42 Å². The average molecular weight is 435 g/mol. The molecule has 0 aliphatic carbocycles. The van der Waals surface area contributed by atoms with Gasteiger partial charge in [-0.15, -0.1) is 16.8 Å². The van der Waals surface area contributed by atoms with Crippen LogP contribution in [0.5, 0.6) is 0 Å². The van der Waals surface area contributed by atoms with Crippen LogP contribution in [0.15, 0.2) is 42.1 Å². The van der Waals surface area contributed by atoms with E-state index in [0.29, 0.717) is 30.5 Å². The summed E-state index contributed by atoms with van der Waals surface area (Å²) in [4.78, 5) is 12.5. The first kappa shape index (κ1) is 21.6. The fraction of sp³-hybridized carbons (Fsp3) is 0.450. The van der Waals surface area contributed by atoms with Gasteiger partial charge in [-0.05, 0) is 25.8 Å². The maximum Gasteiger partial charge on any atom is 0.233 e. The molecule has 1 saturated heterocycles. The van der Waals surface area contributed by atoms with Crippen molar-refractivity contribution in [2.24, 2.45) is 0 Å². The molecule has 1 amide bonds. The topological polar surface area (TPSA) is 93.9 Å². The number of hydrogen-bond acceptors (Lipinski definition) is 6. The van der Waals surface area contributed by atoms with Crippen LogP contribution in [0, 0.1) is 6.92 Å². The predicted octanol–water partition coefficient (Wildman–Crippen LogP) is 2.47. The Labute approximate surface area is 175 Å². The number of nitrogens with one attached hydrogen (secondary N) is 1. The standard InChI is InChI=1S/C20H26N4O3S2/c1-4-10-24-18(17-9-11-29(26,27)13-17)22-23-20(24)28-15(3)19(25)21-12-16-7-5-14(2)6-8-16/h4-8,15,17H,1,9-13H2,2-3H3,(H,21,25). The Balaban J connectivity index is 1.66. The molecule has 2 atom stereocenters. The number of aromatic nitrogens is 3. The second kappa shape index (κ2) is 9.13. The van der Waals surface area contributed by atoms with Gasteiger partial charge in [0.15, 0.2) is 15.0 Å². The van der Waals surface area contributed by atoms with Gasteiger partial charge in [0.1, 0.15) is 5.82 Å². The van der Waals surface area contributed by atoms with Crippen LogP contribution in [0.3, 0.4) is 0 Å². The Bertz CT molecular complexity index is 984. The minimum Gasteiger partial charge on any atom is -0.351 e. The van der Waals surface area contributed by atoms with Crippen LogP contribution in [0.1, 0.15) is 36.2 Å². The quantitative estimate of drug-likeness (QED) is 0.507. The predicted molar refractivity (Wildman–Crippen MR) is 115 cm³/mol. The molecule has 2 unspecified atom stereocenters. The lowest BCUT2D eigenvalue weighted by Gasteiger charge is -2.14. The summed E-state index contributed by atoms with van der Waals surface area (Å²) in [6, 6.07) is 8.02. The van der Waals surface area contributed by atoms with Crippen molar-refractivity contribution in [3.63, 3.8) is 0 Å². The molecular weight excluding hydrogens is 408 g/mol. The minimum atomic E-state index is -3.02. The van der Waals surface area contributed by atoms with Gasteiger partial charge in [-0.1, -0.05) is 47.7 Å². The molecule has 29 heavy (non-hydrogen) atoms. The molecule has 1 fully saturated rings. The Morgan fingerprint density at radius 1 is 1.38 bits per heavy atom. The average Bonchev–Trinajstić information content (AvgIpc) is 3.24. The summed E-state index contributed by atoms with van der Waals surface area (Å²) in [7, 11) is -3.02. The summed E-state index contributed by atoms with van der Waals surface area (Å²) in [5.74, 6) is 0.681. The third kappa shape index (κ3) is 5.48. The highest BCUT2D eigenvalue weighted by Gasteiger charge is 2.33. The van der Waals surface area contributed by atoms with E-state index in [1.54, 1.807) is 6.08 Å². The van der Waals surface area contributed by atoms with Gasteiger partial charge in [0.25, 0.3) is 0 Å². The molecule has 1 aliphatic heterocycles. The second-order valence-electron chi connectivity index (χ2n) is 7.30. The molecule has 0 spiro atoms. The van der Waals surface area contributed by atoms with Crippen LogP contribution < -0.4 is 5.32 Å². The molecule has 2 aromatic rings. The summed E-state index contributed by atoms with van der Waals surface area (Å²) in [5.41, 5.74) is 2.22. The van der Waals surface area contributed by atoms with Gasteiger partial charge in [0, 0.05) is 19.0 Å². The number of carbonyl (C=O) groups is 1. The summed E-state index contributed by atoms with van der Waals surface area (Å²) in [6.45, 7) is 8.56. The first-order valence-electron chi connectivity index (χ1n) is 9.53. The highest BCUT2D eigenvalue weighted by atomic mass is 32.2. The van der Waals surface area contributed by atoms with E-state index in [1.165, 1.54) is 17.3 Å². The smallest absolute Gasteiger partial charge is 0.233 e. The molecule has 2 heterocycles. The zero-order valence-electron chi connectivity index (χ0n) is 16.7. The van der Waals surface area contributed by atoms with Gasteiger partial charge >= 0.3 is 0 Å². The molecule has 7 nitrogen and oxygen atoms in total. The van der Waals surface area contributed by atoms with E-state index in [1.807, 2.05) is 42.7 Å². The maximum absolute atomic E-state index is 12.5. The number of thioether (sulfide) groups is 1. The molecule has 0 radical (unpaired) electrons. The number of rotatable bonds is 8. The van der Waals surface area contributed by atoms with Crippen LogP contribution in [0.2, 0.25) is 0 Å².